The van der Waals surface area contributed by atoms with Crippen molar-refractivity contribution >= 4 is 43.3 Å². The molecule has 0 aliphatic carbocycles. The van der Waals surface area contributed by atoms with E-state index in [2.05, 4.69) is 37.2 Å². The van der Waals surface area contributed by atoms with Gasteiger partial charge in [-0.15, -0.1) is 0 Å². The van der Waals surface area contributed by atoms with Gasteiger partial charge >= 0.3 is 0 Å². The monoisotopic (exact) mass is 379 g/mol. The largest absolute Gasteiger partial charge is 0.362 e. The number of benzene rings is 2. The summed E-state index contributed by atoms with van der Waals surface area (Å²) in [7, 11) is 0. The molecular weight excluding hydrogens is 370 g/mol. The van der Waals surface area contributed by atoms with Crippen LogP contribution in [-0.2, 0) is 0 Å². The molecule has 0 bridgehead atoms. The average molecular weight is 381 g/mol. The minimum atomic E-state index is -0.0324. The van der Waals surface area contributed by atoms with Crippen LogP contribution in [0, 0.1) is 0 Å². The molecule has 0 fully saturated rings. The van der Waals surface area contributed by atoms with E-state index in [0.29, 0.717) is 5.56 Å². The van der Waals surface area contributed by atoms with E-state index in [1.165, 1.54) is 6.08 Å². The Morgan fingerprint density at radius 3 is 2.42 bits per heavy atom. The molecule has 0 aromatic heterocycles. The number of carbonyl (C=O) groups is 1. The third kappa shape index (κ3) is 4.33. The Kier molecular flexibility index (Phi) is 4.93. The van der Waals surface area contributed by atoms with Gasteiger partial charge in [0, 0.05) is 32.5 Å². The number of ketones is 1. The van der Waals surface area contributed by atoms with Crippen molar-refractivity contribution in [2.45, 2.75) is 0 Å². The Morgan fingerprint density at radius 1 is 1.00 bits per heavy atom. The summed E-state index contributed by atoms with van der Waals surface area (Å²) in [5.41, 5.74) is 1.59. The number of nitrogens with one attached hydrogen (secondary N) is 1. The molecular formula is C15H11Br2NO. The average Bonchev–Trinajstić information content (AvgIpc) is 2.39. The number of allylic oxidation sites excluding steroid dienone is 1. The van der Waals surface area contributed by atoms with Crippen molar-refractivity contribution in [2.24, 2.45) is 0 Å². The molecule has 0 atom stereocenters. The van der Waals surface area contributed by atoms with E-state index < -0.39 is 0 Å². The van der Waals surface area contributed by atoms with E-state index >= 15 is 0 Å². The van der Waals surface area contributed by atoms with Crippen LogP contribution in [-0.4, -0.2) is 5.78 Å². The Labute approximate surface area is 128 Å². The van der Waals surface area contributed by atoms with E-state index in [1.54, 1.807) is 18.3 Å². The second-order valence-corrected chi connectivity index (χ2v) is 5.69. The number of rotatable bonds is 4. The van der Waals surface area contributed by atoms with Crippen molar-refractivity contribution in [3.8, 4) is 0 Å². The van der Waals surface area contributed by atoms with Crippen LogP contribution in [0.4, 0.5) is 5.69 Å². The summed E-state index contributed by atoms with van der Waals surface area (Å²) in [6.07, 6.45) is 3.16. The third-order valence-corrected chi connectivity index (χ3v) is 3.46. The van der Waals surface area contributed by atoms with Gasteiger partial charge in [0.1, 0.15) is 0 Å². The lowest BCUT2D eigenvalue weighted by atomic mass is 10.1. The Morgan fingerprint density at radius 2 is 1.74 bits per heavy atom. The molecule has 0 radical (unpaired) electrons. The molecule has 2 rings (SSSR count). The zero-order valence-electron chi connectivity index (χ0n) is 9.94. The molecule has 2 nitrogen and oxygen atoms in total. The molecule has 0 saturated heterocycles. The van der Waals surface area contributed by atoms with Crippen LogP contribution < -0.4 is 5.32 Å². The number of anilines is 1. The Hall–Kier alpha value is -1.39. The fourth-order valence-electron chi connectivity index (χ4n) is 1.50. The molecule has 0 saturated carbocycles. The second kappa shape index (κ2) is 6.68. The van der Waals surface area contributed by atoms with E-state index in [-0.39, 0.29) is 5.78 Å². The summed E-state index contributed by atoms with van der Waals surface area (Å²) < 4.78 is 1.95. The van der Waals surface area contributed by atoms with Gasteiger partial charge in [-0.05, 0) is 42.5 Å². The van der Waals surface area contributed by atoms with Gasteiger partial charge in [0.15, 0.2) is 5.78 Å². The maximum Gasteiger partial charge on any atom is 0.187 e. The normalized spacial score (nSPS) is 10.6. The fraction of sp³-hybridized carbons (Fsp3) is 0. The summed E-state index contributed by atoms with van der Waals surface area (Å²) in [5, 5.41) is 3.06. The van der Waals surface area contributed by atoms with E-state index in [9.17, 15) is 4.79 Å². The van der Waals surface area contributed by atoms with E-state index in [4.69, 9.17) is 0 Å². The maximum absolute atomic E-state index is 11.9. The van der Waals surface area contributed by atoms with Gasteiger partial charge in [-0.2, -0.15) is 0 Å². The Balaban J connectivity index is 1.99. The number of hydrogen-bond acceptors (Lipinski definition) is 2. The molecule has 4 heteroatoms. The van der Waals surface area contributed by atoms with Crippen molar-refractivity contribution in [2.75, 3.05) is 5.32 Å². The first-order valence-electron chi connectivity index (χ1n) is 5.64. The summed E-state index contributed by atoms with van der Waals surface area (Å²) in [4.78, 5) is 11.9. The van der Waals surface area contributed by atoms with E-state index in [0.717, 1.165) is 14.6 Å². The van der Waals surface area contributed by atoms with Crippen molar-refractivity contribution in [3.05, 3.63) is 75.3 Å². The molecule has 19 heavy (non-hydrogen) atoms. The molecule has 2 aromatic carbocycles. The third-order valence-electron chi connectivity index (χ3n) is 2.44. The maximum atomic E-state index is 11.9. The van der Waals surface area contributed by atoms with Crippen LogP contribution in [0.25, 0.3) is 0 Å². The highest BCUT2D eigenvalue weighted by atomic mass is 79.9. The molecule has 0 amide bonds. The second-order valence-electron chi connectivity index (χ2n) is 3.86. The molecule has 1 N–H and O–H groups in total. The van der Waals surface area contributed by atoms with E-state index in [1.807, 2.05) is 36.4 Å². The first-order valence-corrected chi connectivity index (χ1v) is 7.22. The smallest absolute Gasteiger partial charge is 0.187 e. The zero-order chi connectivity index (χ0) is 13.7. The first-order chi connectivity index (χ1) is 9.15. The van der Waals surface area contributed by atoms with Crippen LogP contribution >= 0.6 is 31.9 Å². The molecule has 0 heterocycles. The topological polar surface area (TPSA) is 29.1 Å². The van der Waals surface area contributed by atoms with Crippen LogP contribution in [0.3, 0.4) is 0 Å². The van der Waals surface area contributed by atoms with Gasteiger partial charge < -0.3 is 5.32 Å². The summed E-state index contributed by atoms with van der Waals surface area (Å²) in [6.45, 7) is 0. The molecule has 0 unspecified atom stereocenters. The van der Waals surface area contributed by atoms with Crippen LogP contribution in [0.15, 0.2) is 69.8 Å². The van der Waals surface area contributed by atoms with Gasteiger partial charge in [0.05, 0.1) is 0 Å². The highest BCUT2D eigenvalue weighted by Gasteiger charge is 2.00. The molecule has 0 aliphatic heterocycles. The minimum Gasteiger partial charge on any atom is -0.362 e. The van der Waals surface area contributed by atoms with Crippen LogP contribution in [0.2, 0.25) is 0 Å². The molecule has 0 spiro atoms. The van der Waals surface area contributed by atoms with Crippen molar-refractivity contribution < 1.29 is 4.79 Å². The lowest BCUT2D eigenvalue weighted by Crippen LogP contribution is -1.95. The molecule has 2 aromatic rings. The Bertz CT molecular complexity index is 606. The lowest BCUT2D eigenvalue weighted by molar-refractivity contribution is 0.104. The first kappa shape index (κ1) is 14.0. The van der Waals surface area contributed by atoms with Crippen LogP contribution in [0.1, 0.15) is 10.4 Å². The van der Waals surface area contributed by atoms with Gasteiger partial charge in [-0.1, -0.05) is 37.9 Å². The number of halogens is 2. The summed E-state index contributed by atoms with van der Waals surface area (Å²) in [6, 6.07) is 15.0. The standard InChI is InChI=1S/C15H11Br2NO/c16-12-6-4-11(5-7-12)15(19)8-9-18-14-3-1-2-13(17)10-14/h1-10,18H/b9-8+. The van der Waals surface area contributed by atoms with Gasteiger partial charge in [0.25, 0.3) is 0 Å². The minimum absolute atomic E-state index is 0.0324. The predicted molar refractivity (Wildman–Crippen MR) is 85.4 cm³/mol. The summed E-state index contributed by atoms with van der Waals surface area (Å²) >= 11 is 6.73. The van der Waals surface area contributed by atoms with Crippen molar-refractivity contribution in [1.82, 2.24) is 0 Å². The number of carbonyl (C=O) groups excluding carboxylic acids is 1. The highest BCUT2D eigenvalue weighted by molar-refractivity contribution is 9.10. The van der Waals surface area contributed by atoms with Gasteiger partial charge in [0.2, 0.25) is 0 Å². The zero-order valence-corrected chi connectivity index (χ0v) is 13.1. The highest BCUT2D eigenvalue weighted by Crippen LogP contribution is 2.15. The van der Waals surface area contributed by atoms with Gasteiger partial charge in [-0.25, -0.2) is 0 Å². The van der Waals surface area contributed by atoms with Crippen LogP contribution in [0.5, 0.6) is 0 Å². The molecule has 0 aliphatic rings. The van der Waals surface area contributed by atoms with Crippen molar-refractivity contribution in [3.63, 3.8) is 0 Å². The SMILES string of the molecule is O=C(/C=C/Nc1cccc(Br)c1)c1ccc(Br)cc1. The lowest BCUT2D eigenvalue weighted by Gasteiger charge is -2.00. The quantitative estimate of drug-likeness (QED) is 0.595. The van der Waals surface area contributed by atoms with Gasteiger partial charge in [-0.3, -0.25) is 4.79 Å². The number of hydrogen-bond donors (Lipinski definition) is 1. The fourth-order valence-corrected chi connectivity index (χ4v) is 2.17. The van der Waals surface area contributed by atoms with Crippen molar-refractivity contribution in [1.29, 1.82) is 0 Å². The predicted octanol–water partition coefficient (Wildman–Crippen LogP) is 5.02. The summed E-state index contributed by atoms with van der Waals surface area (Å²) in [5.74, 6) is -0.0324. The molecule has 96 valence electrons.